The van der Waals surface area contributed by atoms with Crippen molar-refractivity contribution in [1.29, 1.82) is 5.26 Å². The number of rotatable bonds is 25. The minimum atomic E-state index is -4.31. The fraction of sp³-hybridized carbons (Fsp3) is 0.625. The molecule has 6 heterocycles. The van der Waals surface area contributed by atoms with Gasteiger partial charge in [0.1, 0.15) is 42.2 Å². The second-order valence-corrected chi connectivity index (χ2v) is 39.2. The van der Waals surface area contributed by atoms with Crippen molar-refractivity contribution in [1.82, 2.24) is 34.1 Å². The van der Waals surface area contributed by atoms with Crippen LogP contribution in [0.15, 0.2) is 60.3 Å². The number of nitriles is 1. The highest BCUT2D eigenvalue weighted by Crippen LogP contribution is 2.57. The normalized spacial score (nSPS) is 23.6. The maximum atomic E-state index is 16.0. The van der Waals surface area contributed by atoms with Crippen molar-refractivity contribution in [3.8, 4) is 6.07 Å². The van der Waals surface area contributed by atoms with Gasteiger partial charge in [-0.15, -0.1) is 9.42 Å². The molecule has 2 aliphatic rings. The van der Waals surface area contributed by atoms with Crippen molar-refractivity contribution in [2.45, 2.75) is 172 Å². The third-order valence-electron chi connectivity index (χ3n) is 14.7. The first-order valence-electron chi connectivity index (χ1n) is 25.8. The fourth-order valence-corrected chi connectivity index (χ4v) is 23.2. The summed E-state index contributed by atoms with van der Waals surface area (Å²) < 4.78 is 92.3. The van der Waals surface area contributed by atoms with E-state index in [0.717, 1.165) is 18.2 Å². The number of H-pyrrole nitrogens is 1. The number of hydrogen-bond donors (Lipinski definition) is 5. The number of aromatic nitrogens is 7. The number of anilines is 2. The van der Waals surface area contributed by atoms with Crippen LogP contribution < -0.4 is 10.9 Å². The molecule has 78 heavy (non-hydrogen) atoms. The Balaban J connectivity index is 1.33. The van der Waals surface area contributed by atoms with Gasteiger partial charge >= 0.3 is 32.1 Å². The number of fused-ring (bicyclic) bond motifs is 2. The molecular weight excluding hydrogens is 1120 g/mol. The molecule has 5 aromatic rings. The van der Waals surface area contributed by atoms with Gasteiger partial charge in [0.15, 0.2) is 55.3 Å². The van der Waals surface area contributed by atoms with E-state index < -0.39 is 114 Å². The summed E-state index contributed by atoms with van der Waals surface area (Å²) in [5, 5.41) is 23.4. The Labute approximate surface area is 462 Å². The van der Waals surface area contributed by atoms with Crippen molar-refractivity contribution in [2.75, 3.05) is 25.1 Å². The monoisotopic (exact) mass is 1200 g/mol. The molecule has 30 heteroatoms. The number of nitrogens with one attached hydrogen (secondary N) is 2. The van der Waals surface area contributed by atoms with Crippen LogP contribution in [0.1, 0.15) is 95.0 Å². The predicted octanol–water partition coefficient (Wildman–Crippen LogP) is 9.13. The van der Waals surface area contributed by atoms with Crippen molar-refractivity contribution in [2.24, 2.45) is 0 Å². The molecule has 2 unspecified atom stereocenters. The third kappa shape index (κ3) is 12.8. The van der Waals surface area contributed by atoms with E-state index in [1.807, 2.05) is 126 Å². The molecule has 2 aliphatic heterocycles. The van der Waals surface area contributed by atoms with Gasteiger partial charge in [-0.2, -0.15) is 5.26 Å². The van der Waals surface area contributed by atoms with Gasteiger partial charge in [0.25, 0.3) is 5.56 Å². The molecule has 10 atom stereocenters. The second-order valence-electron chi connectivity index (χ2n) is 22.1. The summed E-state index contributed by atoms with van der Waals surface area (Å²) in [6.07, 6.45) is -5.52. The molecule has 1 aromatic carbocycles. The van der Waals surface area contributed by atoms with E-state index in [9.17, 15) is 29.4 Å². The number of aliphatic hydroxyl groups excluding tert-OH is 1. The molecule has 0 saturated carbocycles. The van der Waals surface area contributed by atoms with Gasteiger partial charge < -0.3 is 56.3 Å². The lowest BCUT2D eigenvalue weighted by atomic mass is 10.1. The highest BCUT2D eigenvalue weighted by molar-refractivity contribution is 8.07. The minimum absolute atomic E-state index is 0.141. The molecule has 23 nitrogen and oxygen atoms in total. The van der Waals surface area contributed by atoms with E-state index in [4.69, 9.17) is 52.3 Å². The Kier molecular flexibility index (Phi) is 19.7. The Bertz CT molecular complexity index is 3020. The average Bonchev–Trinajstić information content (AvgIpc) is 4.17. The highest BCUT2D eigenvalue weighted by atomic mass is 32.5. The zero-order valence-electron chi connectivity index (χ0n) is 46.1. The van der Waals surface area contributed by atoms with Crippen molar-refractivity contribution >= 4 is 85.9 Å². The Morgan fingerprint density at radius 1 is 0.910 bits per heavy atom. The molecule has 0 amide bonds. The lowest BCUT2D eigenvalue weighted by Crippen LogP contribution is -2.62. The van der Waals surface area contributed by atoms with Crippen LogP contribution in [0.3, 0.4) is 0 Å². The number of benzene rings is 1. The first-order valence-corrected chi connectivity index (χ1v) is 36.4. The molecule has 7 rings (SSSR count). The van der Waals surface area contributed by atoms with E-state index in [0.29, 0.717) is 17.0 Å². The van der Waals surface area contributed by atoms with Crippen LogP contribution >= 0.6 is 15.0 Å². The number of ether oxygens (including phenoxy) is 2. The van der Waals surface area contributed by atoms with Crippen LogP contribution in [0, 0.1) is 17.1 Å². The summed E-state index contributed by atoms with van der Waals surface area (Å²) in [6, 6.07) is 11.4. The summed E-state index contributed by atoms with van der Waals surface area (Å²) >= 11 is 6.26. The first kappa shape index (κ1) is 61.9. The topological polar surface area (TPSA) is 291 Å². The molecule has 2 saturated heterocycles. The first-order chi connectivity index (χ1) is 36.6. The zero-order valence-corrected chi connectivity index (χ0v) is 51.7. The van der Waals surface area contributed by atoms with Gasteiger partial charge in [-0.05, 0) is 64.2 Å². The number of aliphatic hydroxyl groups is 1. The number of aromatic amines is 1. The molecule has 0 aliphatic carbocycles. The van der Waals surface area contributed by atoms with Crippen LogP contribution in [0.25, 0.3) is 22.2 Å². The average molecular weight is 1200 g/mol. The molecule has 0 radical (unpaired) electrons. The molecule has 4 aromatic heterocycles. The summed E-state index contributed by atoms with van der Waals surface area (Å²) in [6.45, 7) is 19.6. The lowest BCUT2D eigenvalue weighted by Gasteiger charge is -2.47. The van der Waals surface area contributed by atoms with E-state index in [2.05, 4.69) is 30.2 Å². The molecule has 2 fully saturated rings. The Morgan fingerprint density at radius 2 is 1.56 bits per heavy atom. The van der Waals surface area contributed by atoms with Gasteiger partial charge in [0.2, 0.25) is 0 Å². The zero-order chi connectivity index (χ0) is 57.3. The van der Waals surface area contributed by atoms with Crippen molar-refractivity contribution in [3.05, 3.63) is 71.7 Å². The van der Waals surface area contributed by atoms with E-state index >= 15 is 4.39 Å². The van der Waals surface area contributed by atoms with Crippen LogP contribution in [-0.4, -0.2) is 131 Å². The van der Waals surface area contributed by atoms with E-state index in [-0.39, 0.29) is 51.3 Å². The van der Waals surface area contributed by atoms with Gasteiger partial charge in [-0.3, -0.25) is 13.9 Å². The molecule has 0 bridgehead atoms. The standard InChI is InChI=1S/C48H72FN9O14P2SSi3/c1-28(2)77(63,29(3)4)72-78(30(5)6,31(7)8)71-39-34(23-59)66-46(57-22-33(49)36-43(57)52-26-54-45(36)60)40(39)69-74(75,64-21-17-20-50)65-24-35-38(68-73(61)62)41(70-76(12,13)48(9,10)11)47(67-35)58-27-55-37-42(51-25-53-44(37)58)56-32-18-15-14-16-19-32/h14-16,18-19,22,25-31,34-35,38-41,46-47,59,63H,17,21,23-24H2,1-13H3,(H2-,51,52,53,54,56,60,61,62)/p+1/t34-,35-,38-,39-,40-,41-,46-,47-,74?/m1/s1. The molecule has 0 spiro atoms. The molecule has 5 N–H and O–H groups in total. The summed E-state index contributed by atoms with van der Waals surface area (Å²) in [5.41, 5.74) is -0.679. The predicted molar refractivity (Wildman–Crippen MR) is 298 cm³/mol. The molecule has 428 valence electrons. The van der Waals surface area contributed by atoms with Crippen LogP contribution in [0.5, 0.6) is 0 Å². The van der Waals surface area contributed by atoms with Crippen molar-refractivity contribution in [3.63, 3.8) is 0 Å². The van der Waals surface area contributed by atoms with Crippen molar-refractivity contribution < 1.29 is 64.3 Å². The Hall–Kier alpha value is -3.67. The van der Waals surface area contributed by atoms with Gasteiger partial charge in [-0.25, -0.2) is 24.3 Å². The minimum Gasteiger partial charge on any atom is -0.414 e. The quantitative estimate of drug-likeness (QED) is 0.0207. The summed E-state index contributed by atoms with van der Waals surface area (Å²) in [5.74, 6) is -0.544. The van der Waals surface area contributed by atoms with Crippen LogP contribution in [-0.2, 0) is 56.9 Å². The SMILES string of the molecule is CC(C)[Si](O)(O[Si](O[C@H]1[C@@H](OP(=S)(OCCC#N)OC[C@H]2O[C@@H](n3cnc4c(Nc5ccccc5)ncnc43)[C@H](O[Si](C)(C)C(C)(C)C)[C@@H]2O[P+](=O)O)[C@H](n2cc(F)c3c(=O)[nH]cnc32)O[C@@H]1CO)(C(C)C)C(C)C)C(C)C. The van der Waals surface area contributed by atoms with Gasteiger partial charge in [0.05, 0.1) is 45.0 Å². The second kappa shape index (κ2) is 24.8. The maximum Gasteiger partial charge on any atom is 0.695 e. The Morgan fingerprint density at radius 3 is 2.17 bits per heavy atom. The highest BCUT2D eigenvalue weighted by Gasteiger charge is 2.61. The summed E-state index contributed by atoms with van der Waals surface area (Å²) in [7, 11) is -13.5. The lowest BCUT2D eigenvalue weighted by molar-refractivity contribution is -0.0575. The third-order valence-corrected chi connectivity index (χ3v) is 31.7. The maximum absolute atomic E-state index is 16.0. The van der Waals surface area contributed by atoms with E-state index in [1.54, 1.807) is 4.57 Å². The summed E-state index contributed by atoms with van der Waals surface area (Å²) in [4.78, 5) is 56.4. The smallest absolute Gasteiger partial charge is 0.414 e. The number of imidazole rings is 1. The van der Waals surface area contributed by atoms with Crippen LogP contribution in [0.4, 0.5) is 15.9 Å². The van der Waals surface area contributed by atoms with Gasteiger partial charge in [0, 0.05) is 16.4 Å². The van der Waals surface area contributed by atoms with Gasteiger partial charge in [-0.1, -0.05) is 94.4 Å². The van der Waals surface area contributed by atoms with Crippen LogP contribution in [0.2, 0.25) is 40.3 Å². The number of halogens is 1. The van der Waals surface area contributed by atoms with E-state index in [1.165, 1.54) is 17.2 Å². The number of hydrogen-bond acceptors (Lipinski definition) is 20. The number of para-hydroxylation sites is 1. The number of nitrogens with zero attached hydrogens (tertiary/aromatic N) is 7. The molecular formula is C48H73FN9O14P2SSi3+. The fourth-order valence-electron chi connectivity index (χ4n) is 9.49. The largest absolute Gasteiger partial charge is 0.695 e.